The Hall–Kier alpha value is -3.26. The van der Waals surface area contributed by atoms with Crippen LogP contribution >= 0.6 is 11.8 Å². The Morgan fingerprint density at radius 2 is 1.91 bits per heavy atom. The lowest BCUT2D eigenvalue weighted by atomic mass is 9.80. The summed E-state index contributed by atoms with van der Waals surface area (Å²) in [5.41, 5.74) is 3.91. The minimum absolute atomic E-state index is 0.0724. The van der Waals surface area contributed by atoms with Crippen LogP contribution in [0.3, 0.4) is 0 Å². The van der Waals surface area contributed by atoms with Gasteiger partial charge in [0, 0.05) is 24.0 Å². The summed E-state index contributed by atoms with van der Waals surface area (Å²) in [4.78, 5) is 41.4. The monoisotopic (exact) mass is 479 g/mol. The van der Waals surface area contributed by atoms with Crippen molar-refractivity contribution in [3.05, 3.63) is 58.5 Å². The SMILES string of the molecule is COc1ccc(NC(=O)CN2C(=O)S/C(=C/c3ccc4c(c3)C(C)CC(C)(C)N4C)C2=O)cc1. The van der Waals surface area contributed by atoms with Gasteiger partial charge in [-0.15, -0.1) is 0 Å². The number of nitrogens with one attached hydrogen (secondary N) is 1. The Labute approximate surface area is 204 Å². The fourth-order valence-corrected chi connectivity index (χ4v) is 5.33. The fraction of sp³-hybridized carbons (Fsp3) is 0.346. The van der Waals surface area contributed by atoms with Crippen molar-refractivity contribution in [2.75, 3.05) is 30.9 Å². The molecule has 0 aromatic heterocycles. The van der Waals surface area contributed by atoms with E-state index in [2.05, 4.69) is 50.2 Å². The summed E-state index contributed by atoms with van der Waals surface area (Å²) in [7, 11) is 3.66. The summed E-state index contributed by atoms with van der Waals surface area (Å²) in [6.07, 6.45) is 2.76. The van der Waals surface area contributed by atoms with E-state index in [1.807, 2.05) is 6.07 Å². The first-order valence-corrected chi connectivity index (χ1v) is 12.0. The number of carbonyl (C=O) groups is 3. The lowest BCUT2D eigenvalue weighted by molar-refractivity contribution is -0.127. The number of nitrogens with zero attached hydrogens (tertiary/aromatic N) is 2. The molecule has 8 heteroatoms. The lowest BCUT2D eigenvalue weighted by Crippen LogP contribution is -2.45. The van der Waals surface area contributed by atoms with Gasteiger partial charge in [-0.2, -0.15) is 0 Å². The molecule has 2 aromatic rings. The van der Waals surface area contributed by atoms with E-state index in [0.717, 1.165) is 28.6 Å². The summed E-state index contributed by atoms with van der Waals surface area (Å²) in [5.74, 6) is 0.151. The molecular weight excluding hydrogens is 450 g/mol. The molecular formula is C26H29N3O4S. The minimum Gasteiger partial charge on any atom is -0.497 e. The van der Waals surface area contributed by atoms with E-state index in [0.29, 0.717) is 22.3 Å². The Morgan fingerprint density at radius 3 is 2.59 bits per heavy atom. The molecule has 1 atom stereocenters. The number of anilines is 2. The van der Waals surface area contributed by atoms with Crippen molar-refractivity contribution >= 4 is 46.3 Å². The maximum Gasteiger partial charge on any atom is 0.294 e. The molecule has 0 bridgehead atoms. The van der Waals surface area contributed by atoms with Crippen molar-refractivity contribution in [1.29, 1.82) is 0 Å². The van der Waals surface area contributed by atoms with Crippen LogP contribution in [-0.4, -0.2) is 48.2 Å². The van der Waals surface area contributed by atoms with E-state index in [9.17, 15) is 14.4 Å². The molecule has 1 saturated heterocycles. The Bertz CT molecular complexity index is 1170. The maximum absolute atomic E-state index is 12.9. The molecule has 0 saturated carbocycles. The molecule has 7 nitrogen and oxygen atoms in total. The van der Waals surface area contributed by atoms with Crippen molar-refractivity contribution in [3.8, 4) is 5.75 Å². The number of carbonyl (C=O) groups excluding carboxylic acids is 3. The lowest BCUT2D eigenvalue weighted by Gasteiger charge is -2.45. The number of fused-ring (bicyclic) bond motifs is 1. The predicted molar refractivity (Wildman–Crippen MR) is 136 cm³/mol. The van der Waals surface area contributed by atoms with Gasteiger partial charge in [0.05, 0.1) is 12.0 Å². The third-order valence-electron chi connectivity index (χ3n) is 6.50. The number of hydrogen-bond acceptors (Lipinski definition) is 6. The summed E-state index contributed by atoms with van der Waals surface area (Å²) < 4.78 is 5.10. The molecule has 34 heavy (non-hydrogen) atoms. The van der Waals surface area contributed by atoms with E-state index in [4.69, 9.17) is 4.74 Å². The second kappa shape index (κ2) is 9.18. The van der Waals surface area contributed by atoms with Crippen molar-refractivity contribution in [1.82, 2.24) is 4.90 Å². The smallest absolute Gasteiger partial charge is 0.294 e. The van der Waals surface area contributed by atoms with Crippen molar-refractivity contribution in [3.63, 3.8) is 0 Å². The van der Waals surface area contributed by atoms with Gasteiger partial charge in [-0.05, 0) is 91.5 Å². The van der Waals surface area contributed by atoms with Crippen LogP contribution in [0.4, 0.5) is 16.2 Å². The van der Waals surface area contributed by atoms with Gasteiger partial charge in [0.15, 0.2) is 0 Å². The van der Waals surface area contributed by atoms with Crippen LogP contribution in [0, 0.1) is 0 Å². The van der Waals surface area contributed by atoms with Gasteiger partial charge in [-0.25, -0.2) is 0 Å². The molecule has 1 unspecified atom stereocenters. The van der Waals surface area contributed by atoms with Gasteiger partial charge < -0.3 is 15.0 Å². The molecule has 2 aliphatic rings. The standard InChI is InChI=1S/C26H29N3O4S/c1-16-14-26(2,3)28(4)21-11-6-17(12-20(16)21)13-22-24(31)29(25(32)34-22)15-23(30)27-18-7-9-19(33-5)10-8-18/h6-13,16H,14-15H2,1-5H3,(H,27,30)/b22-13+. The number of hydrogen-bond donors (Lipinski definition) is 1. The fourth-order valence-electron chi connectivity index (χ4n) is 4.49. The summed E-state index contributed by atoms with van der Waals surface area (Å²) in [6.45, 7) is 6.35. The molecule has 178 valence electrons. The van der Waals surface area contributed by atoms with Crippen LogP contribution in [-0.2, 0) is 9.59 Å². The number of amides is 3. The van der Waals surface area contributed by atoms with Crippen LogP contribution < -0.4 is 15.0 Å². The van der Waals surface area contributed by atoms with Gasteiger partial charge in [0.2, 0.25) is 5.91 Å². The Kier molecular flexibility index (Phi) is 6.45. The molecule has 2 heterocycles. The van der Waals surface area contributed by atoms with Crippen molar-refractivity contribution in [2.24, 2.45) is 0 Å². The largest absolute Gasteiger partial charge is 0.497 e. The number of methoxy groups -OCH3 is 1. The number of ether oxygens (including phenoxy) is 1. The highest BCUT2D eigenvalue weighted by Gasteiger charge is 2.37. The van der Waals surface area contributed by atoms with Gasteiger partial charge >= 0.3 is 0 Å². The van der Waals surface area contributed by atoms with Crippen molar-refractivity contribution < 1.29 is 19.1 Å². The van der Waals surface area contributed by atoms with E-state index in [1.165, 1.54) is 11.3 Å². The molecule has 0 radical (unpaired) electrons. The average Bonchev–Trinajstić information content (AvgIpc) is 3.05. The van der Waals surface area contributed by atoms with Crippen LogP contribution in [0.1, 0.15) is 44.2 Å². The van der Waals surface area contributed by atoms with Crippen LogP contribution in [0.15, 0.2) is 47.4 Å². The molecule has 0 spiro atoms. The second-order valence-corrected chi connectivity index (χ2v) is 10.3. The highest BCUT2D eigenvalue weighted by molar-refractivity contribution is 8.18. The van der Waals surface area contributed by atoms with Gasteiger partial charge in [-0.3, -0.25) is 19.3 Å². The normalized spacial score (nSPS) is 20.5. The maximum atomic E-state index is 12.9. The Morgan fingerprint density at radius 1 is 1.21 bits per heavy atom. The third kappa shape index (κ3) is 4.68. The molecule has 2 aromatic carbocycles. The first kappa shape index (κ1) is 23.9. The highest BCUT2D eigenvalue weighted by Crippen LogP contribution is 2.43. The number of thioether (sulfide) groups is 1. The molecule has 2 aliphatic heterocycles. The molecule has 1 fully saturated rings. The van der Waals surface area contributed by atoms with Gasteiger partial charge in [0.25, 0.3) is 11.1 Å². The zero-order valence-electron chi connectivity index (χ0n) is 20.0. The topological polar surface area (TPSA) is 79.0 Å². The molecule has 3 amide bonds. The first-order chi connectivity index (χ1) is 16.1. The predicted octanol–water partition coefficient (Wildman–Crippen LogP) is 5.09. The summed E-state index contributed by atoms with van der Waals surface area (Å²) >= 11 is 0.860. The average molecular weight is 480 g/mol. The van der Waals surface area contributed by atoms with Gasteiger partial charge in [0.1, 0.15) is 12.3 Å². The Balaban J connectivity index is 1.47. The highest BCUT2D eigenvalue weighted by atomic mass is 32.2. The molecule has 4 rings (SSSR count). The van der Waals surface area contributed by atoms with E-state index in [1.54, 1.807) is 37.5 Å². The van der Waals surface area contributed by atoms with E-state index in [-0.39, 0.29) is 12.1 Å². The zero-order chi connectivity index (χ0) is 24.6. The number of imide groups is 1. The summed E-state index contributed by atoms with van der Waals surface area (Å²) in [6, 6.07) is 13.0. The number of benzene rings is 2. The van der Waals surface area contributed by atoms with E-state index >= 15 is 0 Å². The van der Waals surface area contributed by atoms with Crippen LogP contribution in [0.2, 0.25) is 0 Å². The second-order valence-electron chi connectivity index (χ2n) is 9.34. The van der Waals surface area contributed by atoms with E-state index < -0.39 is 17.1 Å². The zero-order valence-corrected chi connectivity index (χ0v) is 20.9. The minimum atomic E-state index is -0.455. The van der Waals surface area contributed by atoms with Gasteiger partial charge in [-0.1, -0.05) is 13.0 Å². The third-order valence-corrected chi connectivity index (χ3v) is 7.41. The first-order valence-electron chi connectivity index (χ1n) is 11.2. The quantitative estimate of drug-likeness (QED) is 0.602. The number of rotatable bonds is 5. The molecule has 1 N–H and O–H groups in total. The van der Waals surface area contributed by atoms with Crippen molar-refractivity contribution in [2.45, 2.75) is 38.6 Å². The van der Waals surface area contributed by atoms with Crippen LogP contribution in [0.5, 0.6) is 5.75 Å². The molecule has 0 aliphatic carbocycles. The van der Waals surface area contributed by atoms with Crippen LogP contribution in [0.25, 0.3) is 6.08 Å². The summed E-state index contributed by atoms with van der Waals surface area (Å²) in [5, 5.41) is 2.25.